The van der Waals surface area contributed by atoms with Crippen LogP contribution in [-0.2, 0) is 16.1 Å². The second-order valence-corrected chi connectivity index (χ2v) is 9.15. The molecule has 0 bridgehead atoms. The molecule has 0 heterocycles. The summed E-state index contributed by atoms with van der Waals surface area (Å²) in [6.07, 6.45) is 0.993. The van der Waals surface area contributed by atoms with E-state index >= 15 is 0 Å². The van der Waals surface area contributed by atoms with E-state index in [1.54, 1.807) is 16.7 Å². The summed E-state index contributed by atoms with van der Waals surface area (Å²) in [6.45, 7) is 9.21. The first-order valence-electron chi connectivity index (χ1n) is 10.7. The first-order valence-corrected chi connectivity index (χ1v) is 11.7. The molecule has 162 valence electrons. The first kappa shape index (κ1) is 24.0. The fourth-order valence-corrected chi connectivity index (χ4v) is 4.13. The van der Waals surface area contributed by atoms with Crippen molar-refractivity contribution < 1.29 is 9.59 Å². The van der Waals surface area contributed by atoms with Gasteiger partial charge in [0.2, 0.25) is 11.8 Å². The smallest absolute Gasteiger partial charge is 0.242 e. The second kappa shape index (κ2) is 12.4. The maximum absolute atomic E-state index is 13.2. The highest BCUT2D eigenvalue weighted by Gasteiger charge is 2.28. The van der Waals surface area contributed by atoms with Gasteiger partial charge in [0.05, 0.1) is 0 Å². The lowest BCUT2D eigenvalue weighted by Crippen LogP contribution is -2.49. The van der Waals surface area contributed by atoms with Crippen molar-refractivity contribution in [2.45, 2.75) is 58.0 Å². The Bertz CT molecular complexity index is 808. The van der Waals surface area contributed by atoms with Crippen molar-refractivity contribution in [1.82, 2.24) is 10.2 Å². The fourth-order valence-electron chi connectivity index (χ4n) is 3.27. The highest BCUT2D eigenvalue weighted by Crippen LogP contribution is 2.20. The Hall–Kier alpha value is -2.27. The molecule has 30 heavy (non-hydrogen) atoms. The van der Waals surface area contributed by atoms with Crippen LogP contribution in [-0.4, -0.2) is 35.1 Å². The van der Waals surface area contributed by atoms with Gasteiger partial charge in [-0.25, -0.2) is 0 Å². The number of benzene rings is 2. The summed E-state index contributed by atoms with van der Waals surface area (Å²) in [7, 11) is 0. The Kier molecular flexibility index (Phi) is 9.95. The summed E-state index contributed by atoms with van der Waals surface area (Å²) in [4.78, 5) is 29.0. The predicted octanol–water partition coefficient (Wildman–Crippen LogP) is 5.06. The van der Waals surface area contributed by atoms with E-state index < -0.39 is 6.04 Å². The Balaban J connectivity index is 2.11. The van der Waals surface area contributed by atoms with Crippen LogP contribution in [0, 0.1) is 12.8 Å². The number of nitrogens with zero attached hydrogens (tertiary/aromatic N) is 1. The number of hydrogen-bond acceptors (Lipinski definition) is 3. The molecular weight excluding hydrogens is 392 g/mol. The largest absolute Gasteiger partial charge is 0.354 e. The molecule has 0 saturated carbocycles. The fraction of sp³-hybridized carbons (Fsp3) is 0.440. The number of hydrogen-bond donors (Lipinski definition) is 1. The van der Waals surface area contributed by atoms with Gasteiger partial charge < -0.3 is 10.2 Å². The van der Waals surface area contributed by atoms with Crippen LogP contribution >= 0.6 is 11.8 Å². The molecule has 0 unspecified atom stereocenters. The molecule has 2 amide bonds. The Morgan fingerprint density at radius 3 is 2.43 bits per heavy atom. The maximum Gasteiger partial charge on any atom is 0.242 e. The average molecular weight is 427 g/mol. The number of aryl methyl sites for hydroxylation is 1. The van der Waals surface area contributed by atoms with Gasteiger partial charge in [-0.1, -0.05) is 68.8 Å². The van der Waals surface area contributed by atoms with E-state index in [4.69, 9.17) is 0 Å². The highest BCUT2D eigenvalue weighted by atomic mass is 32.2. The minimum Gasteiger partial charge on any atom is -0.354 e. The lowest BCUT2D eigenvalue weighted by molar-refractivity contribution is -0.141. The summed E-state index contributed by atoms with van der Waals surface area (Å²) in [5.74, 6) is 1.01. The normalized spacial score (nSPS) is 11.9. The Morgan fingerprint density at radius 1 is 1.07 bits per heavy atom. The van der Waals surface area contributed by atoms with Crippen LogP contribution in [0.5, 0.6) is 0 Å². The predicted molar refractivity (Wildman–Crippen MR) is 125 cm³/mol. The van der Waals surface area contributed by atoms with Crippen molar-refractivity contribution in [2.75, 3.05) is 12.3 Å². The third-order valence-electron chi connectivity index (χ3n) is 4.83. The lowest BCUT2D eigenvalue weighted by atomic mass is 10.1. The number of amides is 2. The summed E-state index contributed by atoms with van der Waals surface area (Å²) >= 11 is 1.67. The van der Waals surface area contributed by atoms with Crippen LogP contribution < -0.4 is 5.32 Å². The SMILES string of the molecule is CC[C@H](C(=O)NCC(C)C)N(Cc1cccc(C)c1)C(=O)CCSc1ccccc1. The van der Waals surface area contributed by atoms with Gasteiger partial charge in [-0.15, -0.1) is 11.8 Å². The van der Waals surface area contributed by atoms with Gasteiger partial charge >= 0.3 is 0 Å². The molecule has 2 aromatic carbocycles. The minimum absolute atomic E-state index is 0.0199. The molecule has 5 heteroatoms. The lowest BCUT2D eigenvalue weighted by Gasteiger charge is -2.31. The van der Waals surface area contributed by atoms with Gasteiger partial charge in [0.25, 0.3) is 0 Å². The highest BCUT2D eigenvalue weighted by molar-refractivity contribution is 7.99. The van der Waals surface area contributed by atoms with E-state index in [0.717, 1.165) is 16.0 Å². The molecule has 0 aliphatic carbocycles. The Morgan fingerprint density at radius 2 is 1.80 bits per heavy atom. The van der Waals surface area contributed by atoms with Crippen LogP contribution in [0.25, 0.3) is 0 Å². The molecule has 2 rings (SSSR count). The third kappa shape index (κ3) is 7.86. The molecule has 0 aliphatic heterocycles. The average Bonchev–Trinajstić information content (AvgIpc) is 2.72. The molecule has 0 aromatic heterocycles. The monoisotopic (exact) mass is 426 g/mol. The molecule has 0 aliphatic rings. The van der Waals surface area contributed by atoms with Gasteiger partial charge in [0.1, 0.15) is 6.04 Å². The number of thioether (sulfide) groups is 1. The summed E-state index contributed by atoms with van der Waals surface area (Å²) in [5, 5.41) is 3.01. The maximum atomic E-state index is 13.2. The third-order valence-corrected chi connectivity index (χ3v) is 5.85. The first-order chi connectivity index (χ1) is 14.4. The molecule has 2 aromatic rings. The molecule has 1 atom stereocenters. The van der Waals surface area contributed by atoms with E-state index in [1.807, 2.05) is 62.4 Å². The zero-order valence-corrected chi connectivity index (χ0v) is 19.4. The zero-order valence-electron chi connectivity index (χ0n) is 18.6. The number of carbonyl (C=O) groups excluding carboxylic acids is 2. The zero-order chi connectivity index (χ0) is 21.9. The molecule has 4 nitrogen and oxygen atoms in total. The van der Waals surface area contributed by atoms with Crippen molar-refractivity contribution in [3.63, 3.8) is 0 Å². The number of carbonyl (C=O) groups is 2. The van der Waals surface area contributed by atoms with Crippen LogP contribution in [0.4, 0.5) is 0 Å². The van der Waals surface area contributed by atoms with Gasteiger partial charge in [-0.2, -0.15) is 0 Å². The molecular formula is C25H34N2O2S. The van der Waals surface area contributed by atoms with E-state index in [0.29, 0.717) is 37.6 Å². The summed E-state index contributed by atoms with van der Waals surface area (Å²) in [6, 6.07) is 17.8. The molecule has 0 radical (unpaired) electrons. The van der Waals surface area contributed by atoms with Gasteiger partial charge in [0, 0.05) is 30.2 Å². The number of rotatable bonds is 11. The van der Waals surface area contributed by atoms with E-state index in [1.165, 1.54) is 0 Å². The molecule has 0 fully saturated rings. The van der Waals surface area contributed by atoms with Crippen LogP contribution in [0.1, 0.15) is 44.7 Å². The standard InChI is InChI=1S/C25H34N2O2S/c1-5-23(25(29)26-17-19(2)3)27(18-21-11-9-10-20(4)16-21)24(28)14-15-30-22-12-7-6-8-13-22/h6-13,16,19,23H,5,14-15,17-18H2,1-4H3,(H,26,29)/t23-/m1/s1. The summed E-state index contributed by atoms with van der Waals surface area (Å²) in [5.41, 5.74) is 2.20. The van der Waals surface area contributed by atoms with E-state index in [-0.39, 0.29) is 11.8 Å². The van der Waals surface area contributed by atoms with Gasteiger partial charge in [0.15, 0.2) is 0 Å². The minimum atomic E-state index is -0.460. The van der Waals surface area contributed by atoms with E-state index in [2.05, 4.69) is 25.2 Å². The molecule has 1 N–H and O–H groups in total. The van der Waals surface area contributed by atoms with Crippen LogP contribution in [0.2, 0.25) is 0 Å². The van der Waals surface area contributed by atoms with Crippen molar-refractivity contribution in [3.05, 3.63) is 65.7 Å². The van der Waals surface area contributed by atoms with Crippen LogP contribution in [0.3, 0.4) is 0 Å². The Labute approximate surface area is 185 Å². The topological polar surface area (TPSA) is 49.4 Å². The van der Waals surface area contributed by atoms with Crippen LogP contribution in [0.15, 0.2) is 59.5 Å². The van der Waals surface area contributed by atoms with Gasteiger partial charge in [-0.3, -0.25) is 9.59 Å². The molecule has 0 saturated heterocycles. The van der Waals surface area contributed by atoms with Gasteiger partial charge in [-0.05, 0) is 37.0 Å². The second-order valence-electron chi connectivity index (χ2n) is 7.99. The van der Waals surface area contributed by atoms with E-state index in [9.17, 15) is 9.59 Å². The summed E-state index contributed by atoms with van der Waals surface area (Å²) < 4.78 is 0. The van der Waals surface area contributed by atoms with Crippen molar-refractivity contribution in [2.24, 2.45) is 5.92 Å². The quantitative estimate of drug-likeness (QED) is 0.511. The molecule has 0 spiro atoms. The van der Waals surface area contributed by atoms with Crippen molar-refractivity contribution in [1.29, 1.82) is 0 Å². The number of nitrogens with one attached hydrogen (secondary N) is 1. The van der Waals surface area contributed by atoms with Crippen molar-refractivity contribution in [3.8, 4) is 0 Å². The van der Waals surface area contributed by atoms with Crippen molar-refractivity contribution >= 4 is 23.6 Å².